The monoisotopic (exact) mass is 299 g/mol. The maximum Gasteiger partial charge on any atom is 0.276 e. The van der Waals surface area contributed by atoms with Gasteiger partial charge in [-0.05, 0) is 56.2 Å². The summed E-state index contributed by atoms with van der Waals surface area (Å²) < 4.78 is 5.56. The van der Waals surface area contributed by atoms with Crippen molar-refractivity contribution in [3.8, 4) is 5.75 Å². The number of nitrogens with one attached hydrogen (secondary N) is 1. The van der Waals surface area contributed by atoms with E-state index < -0.39 is 0 Å². The standard InChI is InChI=1S/C17H21N3O2/c1-11(2)15-9-10-16(20-19-15)17(21)18-13-5-7-14(8-6-13)22-12(3)4/h5-12H,1-4H3,(H,18,21). The van der Waals surface area contributed by atoms with Gasteiger partial charge in [-0.3, -0.25) is 4.79 Å². The molecule has 5 nitrogen and oxygen atoms in total. The van der Waals surface area contributed by atoms with Crippen LogP contribution < -0.4 is 10.1 Å². The van der Waals surface area contributed by atoms with Crippen LogP contribution in [0.2, 0.25) is 0 Å². The van der Waals surface area contributed by atoms with E-state index in [1.54, 1.807) is 18.2 Å². The van der Waals surface area contributed by atoms with Gasteiger partial charge in [-0.25, -0.2) is 0 Å². The molecule has 0 fully saturated rings. The van der Waals surface area contributed by atoms with Gasteiger partial charge >= 0.3 is 0 Å². The van der Waals surface area contributed by atoms with Crippen LogP contribution in [0.4, 0.5) is 5.69 Å². The van der Waals surface area contributed by atoms with Crippen molar-refractivity contribution in [1.29, 1.82) is 0 Å². The molecule has 1 amide bonds. The van der Waals surface area contributed by atoms with E-state index in [1.165, 1.54) is 0 Å². The molecule has 0 saturated heterocycles. The van der Waals surface area contributed by atoms with E-state index in [2.05, 4.69) is 15.5 Å². The zero-order chi connectivity index (χ0) is 16.1. The molecule has 1 aromatic carbocycles. The van der Waals surface area contributed by atoms with Gasteiger partial charge in [0.25, 0.3) is 5.91 Å². The molecule has 0 aliphatic carbocycles. The van der Waals surface area contributed by atoms with E-state index in [9.17, 15) is 4.79 Å². The van der Waals surface area contributed by atoms with Gasteiger partial charge in [-0.1, -0.05) is 13.8 Å². The average Bonchev–Trinajstić information content (AvgIpc) is 2.49. The van der Waals surface area contributed by atoms with Crippen molar-refractivity contribution in [1.82, 2.24) is 10.2 Å². The first-order chi connectivity index (χ1) is 10.5. The van der Waals surface area contributed by atoms with Crippen molar-refractivity contribution < 1.29 is 9.53 Å². The Labute approximate surface area is 130 Å². The summed E-state index contributed by atoms with van der Waals surface area (Å²) in [6.45, 7) is 8.00. The number of rotatable bonds is 5. The lowest BCUT2D eigenvalue weighted by molar-refractivity contribution is 0.102. The van der Waals surface area contributed by atoms with Crippen LogP contribution in [0.3, 0.4) is 0 Å². The maximum atomic E-state index is 12.1. The molecule has 1 heterocycles. The molecule has 2 rings (SSSR count). The van der Waals surface area contributed by atoms with E-state index in [1.807, 2.05) is 45.9 Å². The number of hydrogen-bond donors (Lipinski definition) is 1. The molecule has 0 unspecified atom stereocenters. The van der Waals surface area contributed by atoms with E-state index in [-0.39, 0.29) is 17.9 Å². The number of benzene rings is 1. The topological polar surface area (TPSA) is 64.1 Å². The second kappa shape index (κ2) is 7.02. The predicted octanol–water partition coefficient (Wildman–Crippen LogP) is 3.64. The summed E-state index contributed by atoms with van der Waals surface area (Å²) in [5.41, 5.74) is 1.86. The van der Waals surface area contributed by atoms with E-state index in [0.717, 1.165) is 11.4 Å². The van der Waals surface area contributed by atoms with E-state index in [0.29, 0.717) is 11.4 Å². The Bertz CT molecular complexity index is 619. The fraction of sp³-hybridized carbons (Fsp3) is 0.353. The van der Waals surface area contributed by atoms with Crippen molar-refractivity contribution in [2.24, 2.45) is 0 Å². The van der Waals surface area contributed by atoms with Crippen molar-refractivity contribution >= 4 is 11.6 Å². The molecule has 0 radical (unpaired) electrons. The molecule has 22 heavy (non-hydrogen) atoms. The Kier molecular flexibility index (Phi) is 5.09. The zero-order valence-electron chi connectivity index (χ0n) is 13.3. The molecule has 1 aromatic heterocycles. The Morgan fingerprint density at radius 1 is 1.00 bits per heavy atom. The summed E-state index contributed by atoms with van der Waals surface area (Å²) in [7, 11) is 0. The molecule has 0 bridgehead atoms. The lowest BCUT2D eigenvalue weighted by atomic mass is 10.1. The Hall–Kier alpha value is -2.43. The molecule has 2 aromatic rings. The molecule has 1 N–H and O–H groups in total. The number of anilines is 1. The number of ether oxygens (including phenoxy) is 1. The van der Waals surface area contributed by atoms with Crippen LogP contribution in [-0.4, -0.2) is 22.2 Å². The smallest absolute Gasteiger partial charge is 0.276 e. The first-order valence-corrected chi connectivity index (χ1v) is 7.37. The summed E-state index contributed by atoms with van der Waals surface area (Å²) in [4.78, 5) is 12.1. The minimum Gasteiger partial charge on any atom is -0.491 e. The van der Waals surface area contributed by atoms with Gasteiger partial charge in [-0.15, -0.1) is 5.10 Å². The normalized spacial score (nSPS) is 10.8. The third kappa shape index (κ3) is 4.28. The third-order valence-electron chi connectivity index (χ3n) is 2.99. The van der Waals surface area contributed by atoms with Gasteiger partial charge in [-0.2, -0.15) is 5.10 Å². The number of aromatic nitrogens is 2. The van der Waals surface area contributed by atoms with Crippen LogP contribution in [0.5, 0.6) is 5.75 Å². The summed E-state index contributed by atoms with van der Waals surface area (Å²) in [6.07, 6.45) is 0.121. The molecule has 0 atom stereocenters. The van der Waals surface area contributed by atoms with Gasteiger partial charge in [0.15, 0.2) is 5.69 Å². The van der Waals surface area contributed by atoms with Crippen LogP contribution >= 0.6 is 0 Å². The molecular weight excluding hydrogens is 278 g/mol. The van der Waals surface area contributed by atoms with Gasteiger partial charge < -0.3 is 10.1 Å². The number of amides is 1. The largest absolute Gasteiger partial charge is 0.491 e. The van der Waals surface area contributed by atoms with Crippen molar-refractivity contribution in [2.45, 2.75) is 39.7 Å². The van der Waals surface area contributed by atoms with Crippen LogP contribution in [0.1, 0.15) is 49.8 Å². The Balaban J connectivity index is 2.02. The third-order valence-corrected chi connectivity index (χ3v) is 2.99. The minimum atomic E-state index is -0.277. The lowest BCUT2D eigenvalue weighted by Crippen LogP contribution is -2.15. The number of carbonyl (C=O) groups is 1. The van der Waals surface area contributed by atoms with Crippen LogP contribution in [0, 0.1) is 0 Å². The molecule has 0 spiro atoms. The first-order valence-electron chi connectivity index (χ1n) is 7.37. The van der Waals surface area contributed by atoms with Crippen LogP contribution in [0.15, 0.2) is 36.4 Å². The molecule has 0 aliphatic heterocycles. The maximum absolute atomic E-state index is 12.1. The fourth-order valence-corrected chi connectivity index (χ4v) is 1.86. The highest BCUT2D eigenvalue weighted by molar-refractivity contribution is 6.02. The van der Waals surface area contributed by atoms with Gasteiger partial charge in [0.05, 0.1) is 11.8 Å². The van der Waals surface area contributed by atoms with Crippen molar-refractivity contribution in [3.05, 3.63) is 47.8 Å². The predicted molar refractivity (Wildman–Crippen MR) is 86.3 cm³/mol. The zero-order valence-corrected chi connectivity index (χ0v) is 13.3. The fourth-order valence-electron chi connectivity index (χ4n) is 1.86. The molecule has 0 saturated carbocycles. The van der Waals surface area contributed by atoms with Crippen molar-refractivity contribution in [2.75, 3.05) is 5.32 Å². The van der Waals surface area contributed by atoms with Gasteiger partial charge in [0.1, 0.15) is 5.75 Å². The van der Waals surface area contributed by atoms with Gasteiger partial charge in [0, 0.05) is 5.69 Å². The van der Waals surface area contributed by atoms with E-state index in [4.69, 9.17) is 4.74 Å². The van der Waals surface area contributed by atoms with Gasteiger partial charge in [0.2, 0.25) is 0 Å². The SMILES string of the molecule is CC(C)Oc1ccc(NC(=O)c2ccc(C(C)C)nn2)cc1. The highest BCUT2D eigenvalue weighted by Gasteiger charge is 2.10. The number of hydrogen-bond acceptors (Lipinski definition) is 4. The van der Waals surface area contributed by atoms with Crippen LogP contribution in [-0.2, 0) is 0 Å². The quantitative estimate of drug-likeness (QED) is 0.915. The summed E-state index contributed by atoms with van der Waals surface area (Å²) in [5.74, 6) is 0.785. The lowest BCUT2D eigenvalue weighted by Gasteiger charge is -2.10. The first kappa shape index (κ1) is 15.9. The summed E-state index contributed by atoms with van der Waals surface area (Å²) in [5, 5.41) is 10.8. The molecule has 5 heteroatoms. The number of nitrogens with zero attached hydrogens (tertiary/aromatic N) is 2. The second-order valence-electron chi connectivity index (χ2n) is 5.64. The Morgan fingerprint density at radius 2 is 1.68 bits per heavy atom. The van der Waals surface area contributed by atoms with Crippen molar-refractivity contribution in [3.63, 3.8) is 0 Å². The molecule has 116 valence electrons. The highest BCUT2D eigenvalue weighted by atomic mass is 16.5. The van der Waals surface area contributed by atoms with E-state index >= 15 is 0 Å². The Morgan fingerprint density at radius 3 is 2.18 bits per heavy atom. The summed E-state index contributed by atoms with van der Waals surface area (Å²) in [6, 6.07) is 10.8. The summed E-state index contributed by atoms with van der Waals surface area (Å²) >= 11 is 0. The molecule has 0 aliphatic rings. The second-order valence-corrected chi connectivity index (χ2v) is 5.64. The van der Waals surface area contributed by atoms with Crippen LogP contribution in [0.25, 0.3) is 0 Å². The minimum absolute atomic E-state index is 0.121. The molecular formula is C17H21N3O2. The average molecular weight is 299 g/mol. The number of carbonyl (C=O) groups excluding carboxylic acids is 1. The highest BCUT2D eigenvalue weighted by Crippen LogP contribution is 2.17.